The zero-order valence-corrected chi connectivity index (χ0v) is 28.0. The summed E-state index contributed by atoms with van der Waals surface area (Å²) in [5, 5.41) is 20.5. The molecule has 1 aliphatic carbocycles. The van der Waals surface area contributed by atoms with Crippen LogP contribution in [0.5, 0.6) is 0 Å². The molecule has 230 valence electrons. The maximum absolute atomic E-state index is 12.3. The number of hydrogen-bond acceptors (Lipinski definition) is 4. The molecular weight excluding hydrogens is 532 g/mol. The number of allylic oxidation sites excluding steroid dienone is 4. The van der Waals surface area contributed by atoms with E-state index in [9.17, 15) is 9.59 Å². The first kappa shape index (κ1) is 40.3. The van der Waals surface area contributed by atoms with Crippen molar-refractivity contribution < 1.29 is 14.7 Å². The van der Waals surface area contributed by atoms with Gasteiger partial charge in [-0.2, -0.15) is 5.26 Å². The number of hydrogen-bond donors (Lipinski definition) is 2. The second kappa shape index (κ2) is 20.9. The summed E-state index contributed by atoms with van der Waals surface area (Å²) in [7, 11) is 0. The number of nitriles is 1. The van der Waals surface area contributed by atoms with E-state index in [-0.39, 0.29) is 39.4 Å². The highest BCUT2D eigenvalue weighted by atomic mass is 35.5. The highest BCUT2D eigenvalue weighted by molar-refractivity contribution is 6.32. The van der Waals surface area contributed by atoms with E-state index in [0.29, 0.717) is 16.7 Å². The van der Waals surface area contributed by atoms with E-state index in [1.165, 1.54) is 51.5 Å². The second-order valence-corrected chi connectivity index (χ2v) is 11.8. The van der Waals surface area contributed by atoms with E-state index >= 15 is 0 Å². The Morgan fingerprint density at radius 2 is 1.46 bits per heavy atom. The summed E-state index contributed by atoms with van der Waals surface area (Å²) in [6, 6.07) is 8.87. The third-order valence-corrected chi connectivity index (χ3v) is 7.03. The van der Waals surface area contributed by atoms with Gasteiger partial charge >= 0.3 is 0 Å². The molecule has 0 aliphatic heterocycles. The Morgan fingerprint density at radius 1 is 1.02 bits per heavy atom. The average Bonchev–Trinajstić information content (AvgIpc) is 2.91. The van der Waals surface area contributed by atoms with E-state index in [1.54, 1.807) is 37.3 Å². The number of unbranched alkanes of at least 4 members (excludes halogenated alkanes) is 5. The highest BCUT2D eigenvalue weighted by Crippen LogP contribution is 2.53. The smallest absolute Gasteiger partial charge is 0.251 e. The number of nitrogens with one attached hydrogen (secondary N) is 1. The van der Waals surface area contributed by atoms with Gasteiger partial charge in [0.2, 0.25) is 0 Å². The summed E-state index contributed by atoms with van der Waals surface area (Å²) >= 11 is 5.59. The molecule has 0 saturated heterocycles. The normalized spacial score (nSPS) is 15.2. The average molecular weight is 587 g/mol. The predicted molar refractivity (Wildman–Crippen MR) is 175 cm³/mol. The molecule has 5 nitrogen and oxygen atoms in total. The van der Waals surface area contributed by atoms with Crippen LogP contribution in [-0.4, -0.2) is 22.8 Å². The zero-order valence-electron chi connectivity index (χ0n) is 27.3. The van der Waals surface area contributed by atoms with E-state index in [2.05, 4.69) is 53.4 Å². The molecule has 41 heavy (non-hydrogen) atoms. The number of benzene rings is 1. The van der Waals surface area contributed by atoms with Crippen molar-refractivity contribution in [3.63, 3.8) is 0 Å². The second-order valence-electron chi connectivity index (χ2n) is 11.4. The van der Waals surface area contributed by atoms with Gasteiger partial charge in [-0.3, -0.25) is 9.59 Å². The molecule has 0 unspecified atom stereocenters. The third kappa shape index (κ3) is 15.7. The molecule has 1 aromatic carbocycles. The molecule has 1 saturated carbocycles. The molecule has 0 aromatic heterocycles. The number of ketones is 1. The molecule has 6 heteroatoms. The first-order chi connectivity index (χ1) is 19.2. The summed E-state index contributed by atoms with van der Waals surface area (Å²) in [6.45, 7) is 23.7. The van der Waals surface area contributed by atoms with Crippen LogP contribution in [0.1, 0.15) is 135 Å². The Hall–Kier alpha value is -2.84. The maximum Gasteiger partial charge on any atom is 0.251 e. The Bertz CT molecular complexity index is 1020. The Balaban J connectivity index is 0. The van der Waals surface area contributed by atoms with Gasteiger partial charge in [0.25, 0.3) is 5.91 Å². The topological polar surface area (TPSA) is 90.2 Å². The van der Waals surface area contributed by atoms with Gasteiger partial charge in [-0.1, -0.05) is 130 Å². The fraction of sp³-hybridized carbons (Fsp3) is 0.571. The highest BCUT2D eigenvalue weighted by Gasteiger charge is 2.53. The number of halogens is 1. The number of nitrogens with zero attached hydrogens (tertiary/aromatic N) is 1. The van der Waals surface area contributed by atoms with Gasteiger partial charge in [-0.15, -0.1) is 0 Å². The van der Waals surface area contributed by atoms with Crippen molar-refractivity contribution in [1.29, 1.82) is 5.26 Å². The quantitative estimate of drug-likeness (QED) is 0.0937. The van der Waals surface area contributed by atoms with E-state index < -0.39 is 0 Å². The van der Waals surface area contributed by atoms with Crippen molar-refractivity contribution in [3.05, 3.63) is 70.5 Å². The van der Waals surface area contributed by atoms with Crippen molar-refractivity contribution in [2.75, 3.05) is 0 Å². The summed E-state index contributed by atoms with van der Waals surface area (Å²) in [6.07, 6.45) is 12.4. The summed E-state index contributed by atoms with van der Waals surface area (Å²) in [5.74, 6) is -0.214. The van der Waals surface area contributed by atoms with Crippen LogP contribution >= 0.6 is 11.6 Å². The summed E-state index contributed by atoms with van der Waals surface area (Å²) < 4.78 is 0. The largest absolute Gasteiger partial charge is 0.509 e. The molecule has 0 heterocycles. The molecule has 0 atom stereocenters. The third-order valence-electron chi connectivity index (χ3n) is 6.72. The van der Waals surface area contributed by atoms with Crippen LogP contribution in [-0.2, 0) is 0 Å². The molecule has 1 fully saturated rings. The lowest BCUT2D eigenvalue weighted by Gasteiger charge is -2.57. The first-order valence-electron chi connectivity index (χ1n) is 14.9. The fourth-order valence-electron chi connectivity index (χ4n) is 5.10. The predicted octanol–water partition coefficient (Wildman–Crippen LogP) is 10.5. The molecular formula is C35H55ClN2O3. The lowest BCUT2D eigenvalue weighted by Crippen LogP contribution is -2.63. The van der Waals surface area contributed by atoms with Crippen molar-refractivity contribution in [1.82, 2.24) is 5.32 Å². The van der Waals surface area contributed by atoms with Crippen LogP contribution in [0.15, 0.2) is 59.4 Å². The van der Waals surface area contributed by atoms with Crippen molar-refractivity contribution in [3.8, 4) is 6.07 Å². The van der Waals surface area contributed by atoms with Gasteiger partial charge in [-0.25, -0.2) is 0 Å². The number of aliphatic hydroxyl groups excluding tert-OH is 1. The number of aliphatic hydroxyl groups is 1. The summed E-state index contributed by atoms with van der Waals surface area (Å²) in [5.41, 5.74) is 1.83. The van der Waals surface area contributed by atoms with Gasteiger partial charge in [0.15, 0.2) is 5.78 Å². The molecule has 2 rings (SSSR count). The molecule has 0 spiro atoms. The minimum atomic E-state index is -0.162. The van der Waals surface area contributed by atoms with Crippen LogP contribution in [0.25, 0.3) is 0 Å². The van der Waals surface area contributed by atoms with Gasteiger partial charge in [0.1, 0.15) is 11.8 Å². The lowest BCUT2D eigenvalue weighted by atomic mass is 9.52. The SMILES string of the molecule is C=C(O)/C=C(Cl)\C(C#N)=C/C.CC.CC(=O)c1ccc(C(=O)NC2C(C)(C)CC2(C)C)cc1.CCCCCCCC. The molecule has 1 aromatic rings. The van der Waals surface area contributed by atoms with Crippen LogP contribution in [0.2, 0.25) is 0 Å². The lowest BCUT2D eigenvalue weighted by molar-refractivity contribution is -0.0366. The molecule has 0 radical (unpaired) electrons. The Kier molecular flexibility index (Phi) is 20.6. The van der Waals surface area contributed by atoms with Gasteiger partial charge in [0.05, 0.1) is 10.6 Å². The Morgan fingerprint density at radius 3 is 1.78 bits per heavy atom. The summed E-state index contributed by atoms with van der Waals surface area (Å²) in [4.78, 5) is 23.5. The number of amides is 1. The Labute approximate surface area is 255 Å². The maximum atomic E-state index is 12.3. The molecule has 1 aliphatic rings. The number of rotatable bonds is 10. The van der Waals surface area contributed by atoms with E-state index in [1.807, 2.05) is 19.9 Å². The van der Waals surface area contributed by atoms with Gasteiger partial charge in [-0.05, 0) is 49.3 Å². The van der Waals surface area contributed by atoms with Crippen molar-refractivity contribution in [2.45, 2.75) is 120 Å². The van der Waals surface area contributed by atoms with E-state index in [4.69, 9.17) is 22.0 Å². The number of carbonyl (C=O) groups excluding carboxylic acids is 2. The van der Waals surface area contributed by atoms with E-state index in [0.717, 1.165) is 6.42 Å². The van der Waals surface area contributed by atoms with Gasteiger partial charge in [0, 0.05) is 17.2 Å². The van der Waals surface area contributed by atoms with Crippen LogP contribution in [0.3, 0.4) is 0 Å². The fourth-order valence-corrected chi connectivity index (χ4v) is 5.38. The number of carbonyl (C=O) groups is 2. The number of Topliss-reactive ketones (excluding diaryl/α,β-unsaturated/α-hetero) is 1. The van der Waals surface area contributed by atoms with Crippen molar-refractivity contribution >= 4 is 23.3 Å². The van der Waals surface area contributed by atoms with Crippen molar-refractivity contribution in [2.24, 2.45) is 10.8 Å². The first-order valence-corrected chi connectivity index (χ1v) is 15.3. The van der Waals surface area contributed by atoms with Crippen LogP contribution in [0.4, 0.5) is 0 Å². The molecule has 0 bridgehead atoms. The molecule has 2 N–H and O–H groups in total. The standard InChI is InChI=1S/C17H23NO2.C8H8ClNO.C8H18.C2H6/c1-11(19)12-6-8-13(9-7-12)14(20)18-15-16(2,3)10-17(15,4)5;1-3-7(5-10)8(9)4-6(2)11;1-3-5-7-8-6-4-2;1-2/h6-9,15H,10H2,1-5H3,(H,18,20);3-4,11H,2H2,1H3;3-8H2,1-2H3;1-2H3/b;7-3-,8-4+;;. The zero-order chi connectivity index (χ0) is 32.2. The monoisotopic (exact) mass is 586 g/mol. The van der Waals surface area contributed by atoms with Crippen LogP contribution < -0.4 is 5.32 Å². The molecule has 1 amide bonds. The minimum absolute atomic E-state index is 0.0122. The van der Waals surface area contributed by atoms with Crippen LogP contribution in [0, 0.1) is 22.2 Å². The van der Waals surface area contributed by atoms with Gasteiger partial charge < -0.3 is 10.4 Å². The minimum Gasteiger partial charge on any atom is -0.509 e.